The second-order valence-electron chi connectivity index (χ2n) is 5.30. The van der Waals surface area contributed by atoms with Crippen molar-refractivity contribution in [2.45, 2.75) is 32.3 Å². The van der Waals surface area contributed by atoms with Crippen molar-refractivity contribution in [3.05, 3.63) is 45.9 Å². The van der Waals surface area contributed by atoms with Gasteiger partial charge in [0.25, 0.3) is 0 Å². The molecule has 2 heterocycles. The highest BCUT2D eigenvalue weighted by atomic mass is 32.1. The van der Waals surface area contributed by atoms with Crippen LogP contribution in [0.4, 0.5) is 0 Å². The number of aryl methyl sites for hydroxylation is 1. The molecule has 1 saturated heterocycles. The van der Waals surface area contributed by atoms with Gasteiger partial charge in [-0.3, -0.25) is 0 Å². The van der Waals surface area contributed by atoms with Crippen LogP contribution >= 0.6 is 11.3 Å². The van der Waals surface area contributed by atoms with Gasteiger partial charge >= 0.3 is 0 Å². The maximum absolute atomic E-state index is 5.78. The molecular weight excluding hydrogens is 268 g/mol. The van der Waals surface area contributed by atoms with Crippen LogP contribution in [0.2, 0.25) is 0 Å². The number of piperidine rings is 1. The number of nitrogens with zero attached hydrogens (tertiary/aromatic N) is 1. The van der Waals surface area contributed by atoms with Gasteiger partial charge in [0.2, 0.25) is 0 Å². The Bertz CT molecular complexity index is 544. The molecule has 106 valence electrons. The van der Waals surface area contributed by atoms with Gasteiger partial charge in [-0.1, -0.05) is 17.7 Å². The first-order chi connectivity index (χ1) is 9.81. The van der Waals surface area contributed by atoms with E-state index in [9.17, 15) is 0 Å². The predicted molar refractivity (Wildman–Crippen MR) is 82.5 cm³/mol. The van der Waals surface area contributed by atoms with Crippen LogP contribution in [0.1, 0.15) is 35.0 Å². The van der Waals surface area contributed by atoms with Crippen LogP contribution < -0.4 is 10.1 Å². The van der Waals surface area contributed by atoms with Gasteiger partial charge in [-0.25, -0.2) is 4.98 Å². The molecular formula is C16H20N2OS. The van der Waals surface area contributed by atoms with E-state index < -0.39 is 0 Å². The van der Waals surface area contributed by atoms with Crippen LogP contribution in [0.3, 0.4) is 0 Å². The van der Waals surface area contributed by atoms with Gasteiger partial charge in [-0.15, -0.1) is 11.3 Å². The summed E-state index contributed by atoms with van der Waals surface area (Å²) in [6, 6.07) is 8.15. The summed E-state index contributed by atoms with van der Waals surface area (Å²) in [6.45, 7) is 4.86. The van der Waals surface area contributed by atoms with E-state index in [1.807, 2.05) is 12.1 Å². The fraction of sp³-hybridized carbons (Fsp3) is 0.438. The van der Waals surface area contributed by atoms with E-state index in [-0.39, 0.29) is 0 Å². The molecule has 1 aliphatic rings. The van der Waals surface area contributed by atoms with Crippen molar-refractivity contribution in [1.82, 2.24) is 10.3 Å². The molecule has 0 bridgehead atoms. The summed E-state index contributed by atoms with van der Waals surface area (Å²) in [4.78, 5) is 4.73. The summed E-state index contributed by atoms with van der Waals surface area (Å²) in [5.41, 5.74) is 2.29. The van der Waals surface area contributed by atoms with E-state index in [1.54, 1.807) is 11.3 Å². The molecule has 0 amide bonds. The van der Waals surface area contributed by atoms with Gasteiger partial charge in [-0.05, 0) is 45.0 Å². The van der Waals surface area contributed by atoms with Gasteiger partial charge in [0, 0.05) is 11.3 Å². The minimum absolute atomic E-state index is 0.560. The molecule has 0 saturated carbocycles. The van der Waals surface area contributed by atoms with Crippen LogP contribution in [0.5, 0.6) is 5.75 Å². The maximum Gasteiger partial charge on any atom is 0.131 e. The first kappa shape index (κ1) is 13.6. The molecule has 1 aromatic carbocycles. The average molecular weight is 288 g/mol. The number of nitrogens with one attached hydrogen (secondary N) is 1. The lowest BCUT2D eigenvalue weighted by atomic mass is 9.99. The molecule has 0 aliphatic carbocycles. The fourth-order valence-electron chi connectivity index (χ4n) is 2.44. The van der Waals surface area contributed by atoms with Crippen LogP contribution in [0, 0.1) is 6.92 Å². The summed E-state index contributed by atoms with van der Waals surface area (Å²) < 4.78 is 5.78. The molecule has 1 aromatic heterocycles. The Hall–Kier alpha value is -1.39. The van der Waals surface area contributed by atoms with Crippen molar-refractivity contribution in [2.24, 2.45) is 0 Å². The van der Waals surface area contributed by atoms with E-state index in [4.69, 9.17) is 9.72 Å². The Morgan fingerprint density at radius 1 is 1.25 bits per heavy atom. The summed E-state index contributed by atoms with van der Waals surface area (Å²) in [7, 11) is 0. The number of hydrogen-bond acceptors (Lipinski definition) is 4. The quantitative estimate of drug-likeness (QED) is 0.935. The number of hydrogen-bond donors (Lipinski definition) is 1. The molecule has 0 unspecified atom stereocenters. The molecule has 3 nitrogen and oxygen atoms in total. The Labute approximate surface area is 124 Å². The number of aromatic nitrogens is 1. The molecule has 1 aliphatic heterocycles. The minimum atomic E-state index is 0.560. The summed E-state index contributed by atoms with van der Waals surface area (Å²) in [5, 5.41) is 6.80. The van der Waals surface area contributed by atoms with Gasteiger partial charge in [0.1, 0.15) is 12.4 Å². The third kappa shape index (κ3) is 3.38. The molecule has 2 aromatic rings. The smallest absolute Gasteiger partial charge is 0.131 e. The van der Waals surface area contributed by atoms with Crippen molar-refractivity contribution >= 4 is 11.3 Å². The zero-order valence-electron chi connectivity index (χ0n) is 11.8. The van der Waals surface area contributed by atoms with Gasteiger partial charge in [-0.2, -0.15) is 0 Å². The standard InChI is InChI=1S/C16H20N2OS/c1-12-2-4-15(5-3-12)19-10-14-11-20-16(18-14)13-6-8-17-9-7-13/h2-5,11,13,17H,6-10H2,1H3. The first-order valence-corrected chi connectivity index (χ1v) is 8.04. The third-order valence-electron chi connectivity index (χ3n) is 3.67. The lowest BCUT2D eigenvalue weighted by molar-refractivity contribution is 0.301. The summed E-state index contributed by atoms with van der Waals surface area (Å²) >= 11 is 1.77. The van der Waals surface area contributed by atoms with E-state index in [0.717, 1.165) is 24.5 Å². The number of thiazole rings is 1. The van der Waals surface area contributed by atoms with Crippen molar-refractivity contribution in [2.75, 3.05) is 13.1 Å². The second-order valence-corrected chi connectivity index (χ2v) is 6.19. The first-order valence-electron chi connectivity index (χ1n) is 7.16. The number of rotatable bonds is 4. The Balaban J connectivity index is 1.58. The third-order valence-corrected chi connectivity index (χ3v) is 4.72. The normalized spacial score (nSPS) is 16.2. The van der Waals surface area contributed by atoms with Crippen LogP contribution in [0.15, 0.2) is 29.6 Å². The largest absolute Gasteiger partial charge is 0.487 e. The van der Waals surface area contributed by atoms with Crippen molar-refractivity contribution in [3.63, 3.8) is 0 Å². The van der Waals surface area contributed by atoms with E-state index >= 15 is 0 Å². The van der Waals surface area contributed by atoms with E-state index in [0.29, 0.717) is 12.5 Å². The minimum Gasteiger partial charge on any atom is -0.487 e. The molecule has 4 heteroatoms. The molecule has 1 fully saturated rings. The van der Waals surface area contributed by atoms with Gasteiger partial charge in [0.15, 0.2) is 0 Å². The maximum atomic E-state index is 5.78. The molecule has 0 spiro atoms. The fourth-order valence-corrected chi connectivity index (χ4v) is 3.41. The summed E-state index contributed by atoms with van der Waals surface area (Å²) in [6.07, 6.45) is 2.40. The summed E-state index contributed by atoms with van der Waals surface area (Å²) in [5.74, 6) is 1.54. The SMILES string of the molecule is Cc1ccc(OCc2csc(C3CCNCC3)n2)cc1. The van der Waals surface area contributed by atoms with Gasteiger partial charge < -0.3 is 10.1 Å². The molecule has 1 N–H and O–H groups in total. The van der Waals surface area contributed by atoms with Crippen molar-refractivity contribution in [3.8, 4) is 5.75 Å². The highest BCUT2D eigenvalue weighted by Crippen LogP contribution is 2.28. The van der Waals surface area contributed by atoms with Crippen molar-refractivity contribution in [1.29, 1.82) is 0 Å². The van der Waals surface area contributed by atoms with Crippen LogP contribution in [0.25, 0.3) is 0 Å². The number of ether oxygens (including phenoxy) is 1. The predicted octanol–water partition coefficient (Wildman–Crippen LogP) is 3.50. The zero-order chi connectivity index (χ0) is 13.8. The highest BCUT2D eigenvalue weighted by Gasteiger charge is 2.18. The molecule has 0 radical (unpaired) electrons. The Morgan fingerprint density at radius 2 is 2.00 bits per heavy atom. The monoisotopic (exact) mass is 288 g/mol. The second kappa shape index (κ2) is 6.37. The lowest BCUT2D eigenvalue weighted by Gasteiger charge is -2.20. The highest BCUT2D eigenvalue weighted by molar-refractivity contribution is 7.09. The molecule has 20 heavy (non-hydrogen) atoms. The number of benzene rings is 1. The van der Waals surface area contributed by atoms with Gasteiger partial charge in [0.05, 0.1) is 10.7 Å². The Kier molecular flexibility index (Phi) is 4.33. The van der Waals surface area contributed by atoms with E-state index in [2.05, 4.69) is 29.8 Å². The average Bonchev–Trinajstić information content (AvgIpc) is 2.97. The zero-order valence-corrected chi connectivity index (χ0v) is 12.6. The topological polar surface area (TPSA) is 34.1 Å². The van der Waals surface area contributed by atoms with Crippen LogP contribution in [-0.2, 0) is 6.61 Å². The molecule has 3 rings (SSSR count). The molecule has 0 atom stereocenters. The Morgan fingerprint density at radius 3 is 2.75 bits per heavy atom. The van der Waals surface area contributed by atoms with Crippen molar-refractivity contribution < 1.29 is 4.74 Å². The lowest BCUT2D eigenvalue weighted by Crippen LogP contribution is -2.26. The van der Waals surface area contributed by atoms with E-state index in [1.165, 1.54) is 23.4 Å². The van der Waals surface area contributed by atoms with Crippen LogP contribution in [-0.4, -0.2) is 18.1 Å².